The van der Waals surface area contributed by atoms with E-state index in [0.717, 1.165) is 36.4 Å². The van der Waals surface area contributed by atoms with E-state index in [0.29, 0.717) is 6.54 Å². The fourth-order valence-corrected chi connectivity index (χ4v) is 2.58. The number of aromatic nitrogens is 1. The van der Waals surface area contributed by atoms with Crippen molar-refractivity contribution in [2.45, 2.75) is 38.1 Å². The number of hydrogen-bond donors (Lipinski definition) is 0. The highest BCUT2D eigenvalue weighted by Gasteiger charge is 2.27. The maximum absolute atomic E-state index is 11.9. The summed E-state index contributed by atoms with van der Waals surface area (Å²) in [5.74, 6) is 0.980. The first-order chi connectivity index (χ1) is 7.59. The minimum atomic E-state index is -0.0262. The SMILES string of the molecule is Cc1noc(C)c1CN1CCCC(Br)C1=O. The van der Waals surface area contributed by atoms with Gasteiger partial charge in [0.05, 0.1) is 17.1 Å². The molecule has 88 valence electrons. The van der Waals surface area contributed by atoms with Crippen LogP contribution in [0, 0.1) is 13.8 Å². The second-order valence-corrected chi connectivity index (χ2v) is 5.28. The van der Waals surface area contributed by atoms with Gasteiger partial charge < -0.3 is 9.42 Å². The molecule has 1 aromatic heterocycles. The van der Waals surface area contributed by atoms with E-state index in [-0.39, 0.29) is 10.7 Å². The predicted molar refractivity (Wildman–Crippen MR) is 63.3 cm³/mol. The zero-order valence-corrected chi connectivity index (χ0v) is 11.1. The Morgan fingerprint density at radius 3 is 2.94 bits per heavy atom. The van der Waals surface area contributed by atoms with E-state index in [1.165, 1.54) is 0 Å². The smallest absolute Gasteiger partial charge is 0.236 e. The molecule has 2 rings (SSSR count). The van der Waals surface area contributed by atoms with Gasteiger partial charge in [-0.3, -0.25) is 4.79 Å². The minimum absolute atomic E-state index is 0.0262. The molecule has 1 aliphatic rings. The molecule has 0 aromatic carbocycles. The molecule has 1 atom stereocenters. The van der Waals surface area contributed by atoms with Crippen LogP contribution in [0.15, 0.2) is 4.52 Å². The molecular formula is C11H15BrN2O2. The van der Waals surface area contributed by atoms with Crippen molar-refractivity contribution in [3.8, 4) is 0 Å². The Labute approximate surface area is 103 Å². The van der Waals surface area contributed by atoms with Crippen LogP contribution in [0.4, 0.5) is 0 Å². The van der Waals surface area contributed by atoms with E-state index in [1.54, 1.807) is 0 Å². The summed E-state index contributed by atoms with van der Waals surface area (Å²) in [6.45, 7) is 5.23. The number of halogens is 1. The van der Waals surface area contributed by atoms with E-state index in [1.807, 2.05) is 18.7 Å². The molecule has 0 saturated carbocycles. The lowest BCUT2D eigenvalue weighted by Gasteiger charge is -2.29. The molecular weight excluding hydrogens is 272 g/mol. The minimum Gasteiger partial charge on any atom is -0.361 e. The van der Waals surface area contributed by atoms with E-state index in [9.17, 15) is 4.79 Å². The van der Waals surface area contributed by atoms with Crippen LogP contribution in [0.1, 0.15) is 29.9 Å². The molecule has 16 heavy (non-hydrogen) atoms. The van der Waals surface area contributed by atoms with Crippen molar-refractivity contribution in [3.63, 3.8) is 0 Å². The fourth-order valence-electron chi connectivity index (χ4n) is 1.97. The lowest BCUT2D eigenvalue weighted by Crippen LogP contribution is -2.41. The van der Waals surface area contributed by atoms with Gasteiger partial charge in [0.2, 0.25) is 5.91 Å². The van der Waals surface area contributed by atoms with Crippen LogP contribution in [0.25, 0.3) is 0 Å². The topological polar surface area (TPSA) is 46.3 Å². The highest BCUT2D eigenvalue weighted by Crippen LogP contribution is 2.22. The van der Waals surface area contributed by atoms with E-state index in [4.69, 9.17) is 4.52 Å². The summed E-state index contributed by atoms with van der Waals surface area (Å²) in [6, 6.07) is 0. The number of piperidine rings is 1. The van der Waals surface area contributed by atoms with Crippen molar-refractivity contribution in [1.82, 2.24) is 10.1 Å². The number of hydrogen-bond acceptors (Lipinski definition) is 3. The van der Waals surface area contributed by atoms with Gasteiger partial charge in [-0.25, -0.2) is 0 Å². The van der Waals surface area contributed by atoms with Crippen LogP contribution < -0.4 is 0 Å². The molecule has 1 amide bonds. The number of carbonyl (C=O) groups excluding carboxylic acids is 1. The van der Waals surface area contributed by atoms with Gasteiger partial charge in [0.1, 0.15) is 5.76 Å². The van der Waals surface area contributed by atoms with Crippen LogP contribution >= 0.6 is 15.9 Å². The number of carbonyl (C=O) groups is 1. The van der Waals surface area contributed by atoms with Gasteiger partial charge in [0.15, 0.2) is 0 Å². The normalized spacial score (nSPS) is 21.6. The molecule has 4 nitrogen and oxygen atoms in total. The average molecular weight is 287 g/mol. The lowest BCUT2D eigenvalue weighted by atomic mass is 10.1. The van der Waals surface area contributed by atoms with Gasteiger partial charge in [-0.05, 0) is 26.7 Å². The van der Waals surface area contributed by atoms with Crippen molar-refractivity contribution < 1.29 is 9.32 Å². The maximum Gasteiger partial charge on any atom is 0.236 e. The zero-order chi connectivity index (χ0) is 11.7. The largest absolute Gasteiger partial charge is 0.361 e. The molecule has 5 heteroatoms. The monoisotopic (exact) mass is 286 g/mol. The molecule has 1 aromatic rings. The summed E-state index contributed by atoms with van der Waals surface area (Å²) in [4.78, 5) is 13.7. The quantitative estimate of drug-likeness (QED) is 0.783. The molecule has 2 heterocycles. The van der Waals surface area contributed by atoms with Crippen LogP contribution in [0.2, 0.25) is 0 Å². The molecule has 1 aliphatic heterocycles. The molecule has 0 aliphatic carbocycles. The Morgan fingerprint density at radius 2 is 2.31 bits per heavy atom. The lowest BCUT2D eigenvalue weighted by molar-refractivity contribution is -0.133. The zero-order valence-electron chi connectivity index (χ0n) is 9.49. The second-order valence-electron chi connectivity index (χ2n) is 4.17. The Hall–Kier alpha value is -0.840. The van der Waals surface area contributed by atoms with Crippen LogP contribution in [-0.4, -0.2) is 27.3 Å². The summed E-state index contributed by atoms with van der Waals surface area (Å²) in [6.07, 6.45) is 1.97. The Kier molecular flexibility index (Phi) is 3.33. The number of amides is 1. The van der Waals surface area contributed by atoms with Crippen molar-refractivity contribution in [1.29, 1.82) is 0 Å². The van der Waals surface area contributed by atoms with Gasteiger partial charge >= 0.3 is 0 Å². The Bertz CT molecular complexity index is 383. The second kappa shape index (κ2) is 4.57. The number of alkyl halides is 1. The summed E-state index contributed by atoms with van der Waals surface area (Å²) in [5, 5.41) is 3.90. The molecule has 0 spiro atoms. The third-order valence-electron chi connectivity index (χ3n) is 3.00. The van der Waals surface area contributed by atoms with E-state index < -0.39 is 0 Å². The van der Waals surface area contributed by atoms with Crippen molar-refractivity contribution >= 4 is 21.8 Å². The third kappa shape index (κ3) is 2.14. The summed E-state index contributed by atoms with van der Waals surface area (Å²) in [7, 11) is 0. The van der Waals surface area contributed by atoms with Gasteiger partial charge in [-0.15, -0.1) is 0 Å². The standard InChI is InChI=1S/C11H15BrN2O2/c1-7-9(8(2)16-13-7)6-14-5-3-4-10(12)11(14)15/h10H,3-6H2,1-2H3. The highest BCUT2D eigenvalue weighted by molar-refractivity contribution is 9.10. The summed E-state index contributed by atoms with van der Waals surface area (Å²) < 4.78 is 5.10. The number of aryl methyl sites for hydroxylation is 2. The van der Waals surface area contributed by atoms with Crippen molar-refractivity contribution in [2.75, 3.05) is 6.54 Å². The van der Waals surface area contributed by atoms with Gasteiger partial charge in [-0.2, -0.15) is 0 Å². The van der Waals surface area contributed by atoms with E-state index in [2.05, 4.69) is 21.1 Å². The van der Waals surface area contributed by atoms with Crippen LogP contribution in [-0.2, 0) is 11.3 Å². The Morgan fingerprint density at radius 1 is 1.56 bits per heavy atom. The van der Waals surface area contributed by atoms with Gasteiger partial charge in [0, 0.05) is 12.1 Å². The molecule has 0 radical (unpaired) electrons. The summed E-state index contributed by atoms with van der Waals surface area (Å²) >= 11 is 3.40. The first kappa shape index (κ1) is 11.6. The molecule has 0 N–H and O–H groups in total. The van der Waals surface area contributed by atoms with Gasteiger partial charge in [-0.1, -0.05) is 21.1 Å². The fraction of sp³-hybridized carbons (Fsp3) is 0.636. The number of nitrogens with zero attached hydrogens (tertiary/aromatic N) is 2. The maximum atomic E-state index is 11.9. The third-order valence-corrected chi connectivity index (χ3v) is 3.84. The first-order valence-electron chi connectivity index (χ1n) is 5.44. The van der Waals surface area contributed by atoms with E-state index >= 15 is 0 Å². The van der Waals surface area contributed by atoms with Crippen LogP contribution in [0.3, 0.4) is 0 Å². The number of rotatable bonds is 2. The van der Waals surface area contributed by atoms with Gasteiger partial charge in [0.25, 0.3) is 0 Å². The summed E-state index contributed by atoms with van der Waals surface area (Å²) in [5.41, 5.74) is 1.91. The predicted octanol–water partition coefficient (Wildman–Crippen LogP) is 2.18. The first-order valence-corrected chi connectivity index (χ1v) is 6.35. The average Bonchev–Trinajstić information content (AvgIpc) is 2.56. The molecule has 1 saturated heterocycles. The molecule has 1 unspecified atom stereocenters. The van der Waals surface area contributed by atoms with Crippen molar-refractivity contribution in [2.24, 2.45) is 0 Å². The molecule has 0 bridgehead atoms. The van der Waals surface area contributed by atoms with Crippen LogP contribution in [0.5, 0.6) is 0 Å². The number of likely N-dealkylation sites (tertiary alicyclic amines) is 1. The Balaban J connectivity index is 2.12. The van der Waals surface area contributed by atoms with Crippen molar-refractivity contribution in [3.05, 3.63) is 17.0 Å². The molecule has 1 fully saturated rings. The highest BCUT2D eigenvalue weighted by atomic mass is 79.9.